The first-order chi connectivity index (χ1) is 25.8. The fraction of sp³-hybridized carbons (Fsp3) is 0.795. The van der Waals surface area contributed by atoms with Crippen molar-refractivity contribution in [1.29, 1.82) is 0 Å². The quantitative estimate of drug-likeness (QED) is 0.0285. The molecule has 0 aromatic carbocycles. The lowest BCUT2D eigenvalue weighted by Crippen LogP contribution is -2.60. The molecule has 0 spiro atoms. The molecule has 0 bridgehead atoms. The molecule has 1 aliphatic rings. The zero-order valence-electron chi connectivity index (χ0n) is 33.5. The average molecular weight is 750 g/mol. The molecule has 7 atom stereocenters. The van der Waals surface area contributed by atoms with Crippen LogP contribution in [0.15, 0.2) is 48.6 Å². The van der Waals surface area contributed by atoms with Gasteiger partial charge in [-0.05, 0) is 64.2 Å². The first-order valence-corrected chi connectivity index (χ1v) is 21.4. The fourth-order valence-corrected chi connectivity index (χ4v) is 6.37. The van der Waals surface area contributed by atoms with Crippen molar-refractivity contribution >= 4 is 5.91 Å². The van der Waals surface area contributed by atoms with Gasteiger partial charge < -0.3 is 40.3 Å². The van der Waals surface area contributed by atoms with E-state index in [9.17, 15) is 30.3 Å². The molecule has 6 N–H and O–H groups in total. The van der Waals surface area contributed by atoms with Gasteiger partial charge in [0.1, 0.15) is 24.4 Å². The number of allylic oxidation sites excluding steroid dienone is 7. The number of nitrogens with one attached hydrogen (secondary N) is 1. The van der Waals surface area contributed by atoms with Gasteiger partial charge in [0.2, 0.25) is 5.91 Å². The van der Waals surface area contributed by atoms with Crippen LogP contribution in [-0.2, 0) is 14.3 Å². The Kier molecular flexibility index (Phi) is 32.1. The molecular weight excluding hydrogens is 670 g/mol. The zero-order chi connectivity index (χ0) is 38.8. The standard InChI is InChI=1S/C44H79NO8/c1-3-5-7-9-11-13-14-15-16-17-18-19-20-21-22-23-24-26-27-29-31-33-38(47)37(36-52-44-43(51)42(50)41(49)39(35-46)53-44)45-40(48)34-32-30-28-25-12-10-8-6-4-2/h20-21,24-26,28,31,33,37-39,41-44,46-47,49-51H,3-19,22-23,27,29-30,32,34-36H2,1-2H3,(H,45,48)/b21-20+,26-24+,28-25-,33-31+. The van der Waals surface area contributed by atoms with Gasteiger partial charge >= 0.3 is 0 Å². The van der Waals surface area contributed by atoms with Crippen molar-refractivity contribution < 1.29 is 39.8 Å². The number of aliphatic hydroxyl groups is 5. The Balaban J connectivity index is 2.40. The first kappa shape index (κ1) is 49.2. The van der Waals surface area contributed by atoms with Gasteiger partial charge in [0.25, 0.3) is 0 Å². The molecule has 1 heterocycles. The summed E-state index contributed by atoms with van der Waals surface area (Å²) in [7, 11) is 0. The summed E-state index contributed by atoms with van der Waals surface area (Å²) in [6.07, 6.45) is 36.1. The van der Waals surface area contributed by atoms with Crippen LogP contribution in [-0.4, -0.2) is 87.5 Å². The average Bonchev–Trinajstić information content (AvgIpc) is 3.16. The number of carbonyl (C=O) groups is 1. The summed E-state index contributed by atoms with van der Waals surface area (Å²) in [5, 5.41) is 53.9. The molecule has 1 amide bonds. The maximum absolute atomic E-state index is 12.8. The smallest absolute Gasteiger partial charge is 0.220 e. The Morgan fingerprint density at radius 2 is 1.08 bits per heavy atom. The summed E-state index contributed by atoms with van der Waals surface area (Å²) < 4.78 is 11.1. The van der Waals surface area contributed by atoms with Crippen molar-refractivity contribution in [2.45, 2.75) is 211 Å². The molecule has 1 aliphatic heterocycles. The molecule has 0 aliphatic carbocycles. The summed E-state index contributed by atoms with van der Waals surface area (Å²) in [5.41, 5.74) is 0. The monoisotopic (exact) mass is 750 g/mol. The minimum absolute atomic E-state index is 0.218. The van der Waals surface area contributed by atoms with Crippen molar-refractivity contribution in [2.75, 3.05) is 13.2 Å². The number of hydrogen-bond donors (Lipinski definition) is 6. The summed E-state index contributed by atoms with van der Waals surface area (Å²) in [6, 6.07) is -0.840. The van der Waals surface area contributed by atoms with E-state index in [2.05, 4.69) is 55.6 Å². The van der Waals surface area contributed by atoms with E-state index in [-0.39, 0.29) is 18.9 Å². The van der Waals surface area contributed by atoms with Crippen LogP contribution in [0.4, 0.5) is 0 Å². The highest BCUT2D eigenvalue weighted by molar-refractivity contribution is 5.76. The third-order valence-electron chi connectivity index (χ3n) is 9.85. The number of ether oxygens (including phenoxy) is 2. The van der Waals surface area contributed by atoms with E-state index in [0.717, 1.165) is 38.5 Å². The van der Waals surface area contributed by atoms with Gasteiger partial charge in [-0.25, -0.2) is 0 Å². The zero-order valence-corrected chi connectivity index (χ0v) is 33.5. The van der Waals surface area contributed by atoms with Gasteiger partial charge in [-0.3, -0.25) is 4.79 Å². The first-order valence-electron chi connectivity index (χ1n) is 21.4. The van der Waals surface area contributed by atoms with Crippen molar-refractivity contribution in [3.8, 4) is 0 Å². The van der Waals surface area contributed by atoms with E-state index in [1.807, 2.05) is 6.08 Å². The lowest BCUT2D eigenvalue weighted by Gasteiger charge is -2.40. The van der Waals surface area contributed by atoms with Crippen molar-refractivity contribution in [1.82, 2.24) is 5.32 Å². The highest BCUT2D eigenvalue weighted by atomic mass is 16.7. The SMILES string of the molecule is CCCCCC/C=C\CCCC(=O)NC(COC1OC(CO)C(O)C(O)C1O)C(O)/C=C/CC/C=C/CC/C=C/CCCCCCCCCCCCC. The molecule has 0 aromatic heterocycles. The van der Waals surface area contributed by atoms with E-state index in [1.54, 1.807) is 6.08 Å². The van der Waals surface area contributed by atoms with Gasteiger partial charge in [0, 0.05) is 6.42 Å². The molecular formula is C44H79NO8. The van der Waals surface area contributed by atoms with Crippen LogP contribution < -0.4 is 5.32 Å². The second kappa shape index (κ2) is 34.6. The van der Waals surface area contributed by atoms with E-state index < -0.39 is 49.5 Å². The summed E-state index contributed by atoms with van der Waals surface area (Å²) in [6.45, 7) is 3.67. The topological polar surface area (TPSA) is 149 Å². The van der Waals surface area contributed by atoms with Gasteiger partial charge in [-0.15, -0.1) is 0 Å². The van der Waals surface area contributed by atoms with Crippen molar-refractivity contribution in [2.24, 2.45) is 0 Å². The maximum atomic E-state index is 12.8. The maximum Gasteiger partial charge on any atom is 0.220 e. The molecule has 1 rings (SSSR count). The largest absolute Gasteiger partial charge is 0.394 e. The lowest BCUT2D eigenvalue weighted by molar-refractivity contribution is -0.302. The Bertz CT molecular complexity index is 967. The van der Waals surface area contributed by atoms with Crippen LogP contribution in [0.5, 0.6) is 0 Å². The Morgan fingerprint density at radius 1 is 0.623 bits per heavy atom. The fourth-order valence-electron chi connectivity index (χ4n) is 6.37. The van der Waals surface area contributed by atoms with Gasteiger partial charge in [0.05, 0.1) is 25.4 Å². The molecule has 53 heavy (non-hydrogen) atoms. The predicted octanol–water partition coefficient (Wildman–Crippen LogP) is 8.28. The second-order valence-electron chi connectivity index (χ2n) is 14.8. The molecule has 0 saturated carbocycles. The highest BCUT2D eigenvalue weighted by Gasteiger charge is 2.44. The number of rotatable bonds is 34. The van der Waals surface area contributed by atoms with Crippen LogP contribution in [0.25, 0.3) is 0 Å². The third kappa shape index (κ3) is 25.8. The van der Waals surface area contributed by atoms with Crippen molar-refractivity contribution in [3.05, 3.63) is 48.6 Å². The van der Waals surface area contributed by atoms with Gasteiger partial charge in [-0.1, -0.05) is 146 Å². The van der Waals surface area contributed by atoms with Crippen molar-refractivity contribution in [3.63, 3.8) is 0 Å². The molecule has 0 aromatic rings. The molecule has 9 heteroatoms. The molecule has 1 fully saturated rings. The van der Waals surface area contributed by atoms with E-state index in [0.29, 0.717) is 6.42 Å². The van der Waals surface area contributed by atoms with E-state index in [4.69, 9.17) is 9.47 Å². The predicted molar refractivity (Wildman–Crippen MR) is 216 cm³/mol. The minimum atomic E-state index is -1.58. The summed E-state index contributed by atoms with van der Waals surface area (Å²) >= 11 is 0. The number of carbonyl (C=O) groups excluding carboxylic acids is 1. The molecule has 0 radical (unpaired) electrons. The Morgan fingerprint density at radius 3 is 1.60 bits per heavy atom. The normalized spacial score (nSPS) is 22.1. The van der Waals surface area contributed by atoms with Gasteiger partial charge in [0.15, 0.2) is 6.29 Å². The second-order valence-corrected chi connectivity index (χ2v) is 14.8. The number of aliphatic hydroxyl groups excluding tert-OH is 5. The Hall–Kier alpha value is -1.85. The van der Waals surface area contributed by atoms with Crippen LogP contribution >= 0.6 is 0 Å². The molecule has 1 saturated heterocycles. The third-order valence-corrected chi connectivity index (χ3v) is 9.85. The van der Waals surface area contributed by atoms with E-state index in [1.165, 1.54) is 103 Å². The van der Waals surface area contributed by atoms with Gasteiger partial charge in [-0.2, -0.15) is 0 Å². The Labute approximate surface area is 323 Å². The number of unbranched alkanes of at least 4 members (excludes halogenated alkanes) is 18. The van der Waals surface area contributed by atoms with Crippen LogP contribution in [0.1, 0.15) is 168 Å². The molecule has 7 unspecified atom stereocenters. The van der Waals surface area contributed by atoms with Crippen LogP contribution in [0.3, 0.4) is 0 Å². The number of amides is 1. The molecule has 9 nitrogen and oxygen atoms in total. The van der Waals surface area contributed by atoms with Crippen LogP contribution in [0.2, 0.25) is 0 Å². The van der Waals surface area contributed by atoms with E-state index >= 15 is 0 Å². The van der Waals surface area contributed by atoms with Crippen LogP contribution in [0, 0.1) is 0 Å². The molecule has 308 valence electrons. The highest BCUT2D eigenvalue weighted by Crippen LogP contribution is 2.22. The summed E-state index contributed by atoms with van der Waals surface area (Å²) in [5.74, 6) is -0.230. The number of hydrogen-bond acceptors (Lipinski definition) is 8. The minimum Gasteiger partial charge on any atom is -0.394 e. The lowest BCUT2D eigenvalue weighted by atomic mass is 9.99. The summed E-state index contributed by atoms with van der Waals surface area (Å²) in [4.78, 5) is 12.8.